The molecule has 0 saturated carbocycles. The monoisotopic (exact) mass is 531 g/mol. The summed E-state index contributed by atoms with van der Waals surface area (Å²) in [5.41, 5.74) is 8.92. The van der Waals surface area contributed by atoms with Gasteiger partial charge in [0, 0.05) is 49.4 Å². The quantitative estimate of drug-likeness (QED) is 0.525. The summed E-state index contributed by atoms with van der Waals surface area (Å²) in [7, 11) is -3.64. The van der Waals surface area contributed by atoms with Crippen LogP contribution in [0.15, 0.2) is 52.7 Å². The van der Waals surface area contributed by atoms with Gasteiger partial charge in [-0.2, -0.15) is 4.31 Å². The highest BCUT2D eigenvalue weighted by atomic mass is 35.5. The Bertz CT molecular complexity index is 1350. The number of thiazole rings is 1. The zero-order chi connectivity index (χ0) is 24.6. The molecule has 2 N–H and O–H groups in total. The summed E-state index contributed by atoms with van der Waals surface area (Å²) >= 11 is 7.38. The number of fused-ring (bicyclic) bond motifs is 1. The molecule has 8 nitrogen and oxygen atoms in total. The Labute approximate surface area is 214 Å². The van der Waals surface area contributed by atoms with E-state index >= 15 is 0 Å². The number of amides is 1. The SMILES string of the molecule is NCCc1cccc(C(=O)N2CCc3cc(S(=O)(=O)N4CCN(c5nc(Cl)cs5)CC4)ccc32)c1. The normalized spacial score (nSPS) is 16.5. The summed E-state index contributed by atoms with van der Waals surface area (Å²) in [4.78, 5) is 21.5. The van der Waals surface area contributed by atoms with Crippen molar-refractivity contribution in [2.45, 2.75) is 17.7 Å². The number of hydrogen-bond acceptors (Lipinski definition) is 7. The number of piperazine rings is 1. The highest BCUT2D eigenvalue weighted by Crippen LogP contribution is 2.33. The second-order valence-corrected chi connectivity index (χ2v) is 11.7. The Kier molecular flexibility index (Phi) is 6.82. The molecule has 0 radical (unpaired) electrons. The van der Waals surface area contributed by atoms with E-state index in [4.69, 9.17) is 17.3 Å². The molecule has 2 aliphatic rings. The van der Waals surface area contributed by atoms with Gasteiger partial charge in [0.1, 0.15) is 5.15 Å². The third-order valence-corrected chi connectivity index (χ3v) is 9.53. The van der Waals surface area contributed by atoms with Crippen LogP contribution in [0.25, 0.3) is 0 Å². The predicted octanol–water partition coefficient (Wildman–Crippen LogP) is 3.01. The first kappa shape index (κ1) is 24.2. The maximum atomic E-state index is 13.4. The fourth-order valence-corrected chi connectivity index (χ4v) is 7.07. The number of sulfonamides is 1. The number of rotatable bonds is 6. The fraction of sp³-hybridized carbons (Fsp3) is 0.333. The van der Waals surface area contributed by atoms with Gasteiger partial charge in [0.2, 0.25) is 10.0 Å². The van der Waals surface area contributed by atoms with Crippen molar-refractivity contribution in [3.63, 3.8) is 0 Å². The van der Waals surface area contributed by atoms with E-state index < -0.39 is 10.0 Å². The van der Waals surface area contributed by atoms with E-state index in [0.717, 1.165) is 21.9 Å². The molecule has 1 amide bonds. The molecule has 3 aromatic rings. The Balaban J connectivity index is 1.31. The average molecular weight is 532 g/mol. The van der Waals surface area contributed by atoms with Gasteiger partial charge in [0.05, 0.1) is 4.90 Å². The largest absolute Gasteiger partial charge is 0.345 e. The molecule has 35 heavy (non-hydrogen) atoms. The van der Waals surface area contributed by atoms with Gasteiger partial charge >= 0.3 is 0 Å². The summed E-state index contributed by atoms with van der Waals surface area (Å²) < 4.78 is 28.2. The minimum atomic E-state index is -3.64. The van der Waals surface area contributed by atoms with Gasteiger partial charge in [-0.05, 0) is 60.8 Å². The number of carbonyl (C=O) groups excluding carboxylic acids is 1. The van der Waals surface area contributed by atoms with Crippen LogP contribution in [-0.4, -0.2) is 62.9 Å². The van der Waals surface area contributed by atoms with E-state index in [1.54, 1.807) is 34.5 Å². The molecule has 3 heterocycles. The standard InChI is InChI=1S/C24H26ClN5O3S2/c25-22-16-34-24(27-22)28-10-12-29(13-11-28)35(32,33)20-4-5-21-18(15-20)7-9-30(21)23(31)19-3-1-2-17(14-19)6-8-26/h1-5,14-16H,6-13,26H2. The minimum absolute atomic E-state index is 0.0864. The minimum Gasteiger partial charge on any atom is -0.345 e. The first-order valence-electron chi connectivity index (χ1n) is 11.5. The Hall–Kier alpha value is -2.50. The fourth-order valence-electron chi connectivity index (χ4n) is 4.59. The molecule has 1 aromatic heterocycles. The maximum absolute atomic E-state index is 13.4. The zero-order valence-electron chi connectivity index (χ0n) is 19.1. The van der Waals surface area contributed by atoms with Crippen LogP contribution in [0.5, 0.6) is 0 Å². The van der Waals surface area contributed by atoms with Crippen LogP contribution < -0.4 is 15.5 Å². The Morgan fingerprint density at radius 1 is 1.09 bits per heavy atom. The lowest BCUT2D eigenvalue weighted by Gasteiger charge is -2.33. The number of hydrogen-bond donors (Lipinski definition) is 1. The van der Waals surface area contributed by atoms with Gasteiger partial charge in [-0.1, -0.05) is 23.7 Å². The Morgan fingerprint density at radius 3 is 2.60 bits per heavy atom. The molecule has 184 valence electrons. The molecule has 0 spiro atoms. The number of carbonyl (C=O) groups is 1. The van der Waals surface area contributed by atoms with Crippen molar-refractivity contribution in [3.8, 4) is 0 Å². The molecule has 0 unspecified atom stereocenters. The van der Waals surface area contributed by atoms with Gasteiger partial charge in [0.15, 0.2) is 5.13 Å². The number of aromatic nitrogens is 1. The van der Waals surface area contributed by atoms with Crippen molar-refractivity contribution < 1.29 is 13.2 Å². The summed E-state index contributed by atoms with van der Waals surface area (Å²) in [6, 6.07) is 12.6. The van der Waals surface area contributed by atoms with Crippen molar-refractivity contribution in [1.82, 2.24) is 9.29 Å². The lowest BCUT2D eigenvalue weighted by molar-refractivity contribution is 0.0989. The van der Waals surface area contributed by atoms with Crippen LogP contribution in [0.4, 0.5) is 10.8 Å². The van der Waals surface area contributed by atoms with E-state index in [1.165, 1.54) is 15.6 Å². The van der Waals surface area contributed by atoms with Crippen LogP contribution in [0.1, 0.15) is 21.5 Å². The predicted molar refractivity (Wildman–Crippen MR) is 139 cm³/mol. The Morgan fingerprint density at radius 2 is 1.89 bits per heavy atom. The van der Waals surface area contributed by atoms with Gasteiger partial charge < -0.3 is 15.5 Å². The second-order valence-electron chi connectivity index (χ2n) is 8.58. The first-order chi connectivity index (χ1) is 16.9. The molecule has 5 rings (SSSR count). The summed E-state index contributed by atoms with van der Waals surface area (Å²) in [6.45, 7) is 2.91. The van der Waals surface area contributed by atoms with Gasteiger partial charge in [0.25, 0.3) is 5.91 Å². The lowest BCUT2D eigenvalue weighted by Crippen LogP contribution is -2.48. The van der Waals surface area contributed by atoms with Crippen LogP contribution in [0.2, 0.25) is 5.15 Å². The van der Waals surface area contributed by atoms with Crippen LogP contribution >= 0.6 is 22.9 Å². The van der Waals surface area contributed by atoms with Gasteiger partial charge in [-0.25, -0.2) is 13.4 Å². The summed E-state index contributed by atoms with van der Waals surface area (Å²) in [5.74, 6) is -0.0864. The number of nitrogens with zero attached hydrogens (tertiary/aromatic N) is 4. The zero-order valence-corrected chi connectivity index (χ0v) is 21.4. The van der Waals surface area contributed by atoms with Crippen LogP contribution in [-0.2, 0) is 22.9 Å². The van der Waals surface area contributed by atoms with Crippen LogP contribution in [0, 0.1) is 0 Å². The van der Waals surface area contributed by atoms with Crippen LogP contribution in [0.3, 0.4) is 0 Å². The topological polar surface area (TPSA) is 99.8 Å². The summed E-state index contributed by atoms with van der Waals surface area (Å²) in [5, 5.41) is 3.03. The lowest BCUT2D eigenvalue weighted by atomic mass is 10.1. The smallest absolute Gasteiger partial charge is 0.258 e. The van der Waals surface area contributed by atoms with E-state index in [-0.39, 0.29) is 10.8 Å². The average Bonchev–Trinajstić information content (AvgIpc) is 3.50. The van der Waals surface area contributed by atoms with E-state index in [9.17, 15) is 13.2 Å². The van der Waals surface area contributed by atoms with Crippen molar-refractivity contribution in [3.05, 3.63) is 69.7 Å². The molecule has 2 aliphatic heterocycles. The highest BCUT2D eigenvalue weighted by molar-refractivity contribution is 7.89. The number of halogens is 1. The first-order valence-corrected chi connectivity index (χ1v) is 14.2. The van der Waals surface area contributed by atoms with Crippen molar-refractivity contribution in [1.29, 1.82) is 0 Å². The third-order valence-electron chi connectivity index (χ3n) is 6.41. The van der Waals surface area contributed by atoms with E-state index in [1.807, 2.05) is 18.2 Å². The van der Waals surface area contributed by atoms with E-state index in [0.29, 0.717) is 62.8 Å². The molecule has 1 saturated heterocycles. The summed E-state index contributed by atoms with van der Waals surface area (Å²) in [6.07, 6.45) is 1.33. The van der Waals surface area contributed by atoms with Gasteiger partial charge in [-0.3, -0.25) is 4.79 Å². The van der Waals surface area contributed by atoms with Crippen molar-refractivity contribution in [2.24, 2.45) is 5.73 Å². The van der Waals surface area contributed by atoms with Crippen molar-refractivity contribution >= 4 is 49.7 Å². The molecular weight excluding hydrogens is 506 g/mol. The molecule has 0 aliphatic carbocycles. The molecule has 1 fully saturated rings. The molecule has 2 aromatic carbocycles. The highest BCUT2D eigenvalue weighted by Gasteiger charge is 2.32. The molecule has 11 heteroatoms. The molecule has 0 bridgehead atoms. The molecule has 0 atom stereocenters. The number of nitrogens with two attached hydrogens (primary N) is 1. The van der Waals surface area contributed by atoms with E-state index in [2.05, 4.69) is 9.88 Å². The number of benzene rings is 2. The number of anilines is 2. The van der Waals surface area contributed by atoms with Crippen molar-refractivity contribution in [2.75, 3.05) is 49.1 Å². The maximum Gasteiger partial charge on any atom is 0.258 e. The molecular formula is C24H26ClN5O3S2. The van der Waals surface area contributed by atoms with Gasteiger partial charge in [-0.15, -0.1) is 11.3 Å². The second kappa shape index (κ2) is 9.87. The third kappa shape index (κ3) is 4.81.